The van der Waals surface area contributed by atoms with E-state index in [1.165, 1.54) is 11.1 Å². The summed E-state index contributed by atoms with van der Waals surface area (Å²) in [5.41, 5.74) is 8.86. The molecule has 0 fully saturated rings. The fourth-order valence-corrected chi connectivity index (χ4v) is 2.28. The zero-order valence-corrected chi connectivity index (χ0v) is 11.9. The molecule has 0 aliphatic rings. The fourth-order valence-electron chi connectivity index (χ4n) is 2.28. The minimum atomic E-state index is 0.0720. The van der Waals surface area contributed by atoms with Gasteiger partial charge in [-0.15, -0.1) is 0 Å². The molecule has 102 valence electrons. The van der Waals surface area contributed by atoms with Gasteiger partial charge < -0.3 is 5.73 Å². The molecule has 1 aromatic heterocycles. The van der Waals surface area contributed by atoms with Crippen LogP contribution in [0.2, 0.25) is 0 Å². The van der Waals surface area contributed by atoms with Gasteiger partial charge in [0.1, 0.15) is 12.2 Å². The maximum atomic E-state index is 6.25. The highest BCUT2D eigenvalue weighted by atomic mass is 15.3. The van der Waals surface area contributed by atoms with Crippen molar-refractivity contribution in [2.24, 2.45) is 5.73 Å². The molecule has 4 nitrogen and oxygen atoms in total. The molecule has 1 heterocycles. The van der Waals surface area contributed by atoms with Gasteiger partial charge >= 0.3 is 0 Å². The van der Waals surface area contributed by atoms with E-state index >= 15 is 0 Å². The number of benzene rings is 1. The Balaban J connectivity index is 2.03. The van der Waals surface area contributed by atoms with Crippen LogP contribution in [-0.2, 0) is 12.8 Å². The van der Waals surface area contributed by atoms with E-state index in [2.05, 4.69) is 55.1 Å². The summed E-state index contributed by atoms with van der Waals surface area (Å²) in [5, 5.41) is 4.24. The lowest BCUT2D eigenvalue weighted by Crippen LogP contribution is -2.28. The zero-order valence-electron chi connectivity index (χ0n) is 11.9. The molecular weight excluding hydrogens is 236 g/mol. The van der Waals surface area contributed by atoms with Crippen molar-refractivity contribution in [3.63, 3.8) is 0 Å². The molecule has 2 N–H and O–H groups in total. The molecule has 1 unspecified atom stereocenters. The van der Waals surface area contributed by atoms with Gasteiger partial charge in [-0.25, -0.2) is 9.67 Å². The Morgan fingerprint density at radius 3 is 2.63 bits per heavy atom. The third kappa shape index (κ3) is 3.41. The molecule has 0 saturated heterocycles. The quantitative estimate of drug-likeness (QED) is 0.895. The van der Waals surface area contributed by atoms with Crippen molar-refractivity contribution in [1.29, 1.82) is 0 Å². The minimum Gasteiger partial charge on any atom is -0.327 e. The Hall–Kier alpha value is -1.68. The first-order chi connectivity index (χ1) is 9.08. The van der Waals surface area contributed by atoms with E-state index in [0.717, 1.165) is 18.7 Å². The van der Waals surface area contributed by atoms with Gasteiger partial charge in [-0.05, 0) is 38.3 Å². The summed E-state index contributed by atoms with van der Waals surface area (Å²) >= 11 is 0. The summed E-state index contributed by atoms with van der Waals surface area (Å²) < 4.78 is 1.94. The lowest BCUT2D eigenvalue weighted by atomic mass is 10.00. The average molecular weight is 258 g/mol. The lowest BCUT2D eigenvalue weighted by Gasteiger charge is -2.15. The molecule has 1 atom stereocenters. The Kier molecular flexibility index (Phi) is 4.32. The number of nitrogens with zero attached hydrogens (tertiary/aromatic N) is 3. The van der Waals surface area contributed by atoms with Crippen molar-refractivity contribution in [2.45, 2.75) is 45.7 Å². The van der Waals surface area contributed by atoms with E-state index < -0.39 is 0 Å². The first kappa shape index (κ1) is 13.7. The topological polar surface area (TPSA) is 56.7 Å². The van der Waals surface area contributed by atoms with Crippen molar-refractivity contribution in [2.75, 3.05) is 0 Å². The molecule has 19 heavy (non-hydrogen) atoms. The van der Waals surface area contributed by atoms with Crippen LogP contribution < -0.4 is 5.73 Å². The maximum Gasteiger partial charge on any atom is 0.138 e. The molecule has 0 spiro atoms. The van der Waals surface area contributed by atoms with Crippen LogP contribution >= 0.6 is 0 Å². The molecule has 0 amide bonds. The van der Waals surface area contributed by atoms with E-state index in [1.54, 1.807) is 6.33 Å². The molecule has 2 aromatic rings. The second-order valence-corrected chi connectivity index (χ2v) is 5.31. The normalized spacial score (nSPS) is 12.9. The first-order valence-electron chi connectivity index (χ1n) is 6.76. The third-order valence-electron chi connectivity index (χ3n) is 3.32. The Morgan fingerprint density at radius 2 is 1.95 bits per heavy atom. The van der Waals surface area contributed by atoms with Gasteiger partial charge in [-0.1, -0.05) is 24.3 Å². The van der Waals surface area contributed by atoms with E-state index in [4.69, 9.17) is 5.73 Å². The van der Waals surface area contributed by atoms with Gasteiger partial charge in [0.05, 0.1) is 0 Å². The average Bonchev–Trinajstić information content (AvgIpc) is 2.80. The smallest absolute Gasteiger partial charge is 0.138 e. The SMILES string of the molecule is Cc1ccccc1CC(N)Cc1ncnn1C(C)C. The Morgan fingerprint density at radius 1 is 1.21 bits per heavy atom. The number of rotatable bonds is 5. The van der Waals surface area contributed by atoms with Gasteiger partial charge in [0, 0.05) is 18.5 Å². The van der Waals surface area contributed by atoms with Crippen LogP contribution in [0.4, 0.5) is 0 Å². The van der Waals surface area contributed by atoms with Crippen molar-refractivity contribution in [1.82, 2.24) is 14.8 Å². The molecule has 0 bridgehead atoms. The maximum absolute atomic E-state index is 6.25. The molecule has 0 saturated carbocycles. The first-order valence-corrected chi connectivity index (χ1v) is 6.76. The highest BCUT2D eigenvalue weighted by Crippen LogP contribution is 2.12. The van der Waals surface area contributed by atoms with Crippen molar-refractivity contribution < 1.29 is 0 Å². The molecule has 2 rings (SSSR count). The van der Waals surface area contributed by atoms with Crippen LogP contribution in [0.15, 0.2) is 30.6 Å². The van der Waals surface area contributed by atoms with Crippen LogP contribution in [0.5, 0.6) is 0 Å². The van der Waals surface area contributed by atoms with Crippen LogP contribution in [0, 0.1) is 6.92 Å². The van der Waals surface area contributed by atoms with Crippen LogP contribution in [0.25, 0.3) is 0 Å². The predicted molar refractivity (Wildman–Crippen MR) is 77.0 cm³/mol. The number of hydrogen-bond acceptors (Lipinski definition) is 3. The van der Waals surface area contributed by atoms with E-state index in [9.17, 15) is 0 Å². The van der Waals surface area contributed by atoms with Gasteiger partial charge in [0.2, 0.25) is 0 Å². The summed E-state index contributed by atoms with van der Waals surface area (Å²) in [6.07, 6.45) is 3.24. The Bertz CT molecular complexity index is 530. The van der Waals surface area contributed by atoms with E-state index in [1.807, 2.05) is 4.68 Å². The van der Waals surface area contributed by atoms with Gasteiger partial charge in [0.25, 0.3) is 0 Å². The lowest BCUT2D eigenvalue weighted by molar-refractivity contribution is 0.489. The molecule has 1 aromatic carbocycles. The molecule has 4 heteroatoms. The monoisotopic (exact) mass is 258 g/mol. The van der Waals surface area contributed by atoms with Crippen LogP contribution in [-0.4, -0.2) is 20.8 Å². The Labute approximate surface area is 114 Å². The van der Waals surface area contributed by atoms with Gasteiger partial charge in [0.15, 0.2) is 0 Å². The molecule has 0 radical (unpaired) electrons. The van der Waals surface area contributed by atoms with Crippen LogP contribution in [0.1, 0.15) is 36.8 Å². The largest absolute Gasteiger partial charge is 0.327 e. The summed E-state index contributed by atoms with van der Waals surface area (Å²) in [6.45, 7) is 6.33. The second kappa shape index (κ2) is 5.97. The third-order valence-corrected chi connectivity index (χ3v) is 3.32. The summed E-state index contributed by atoms with van der Waals surface area (Å²) in [6, 6.07) is 8.78. The van der Waals surface area contributed by atoms with Crippen molar-refractivity contribution in [3.8, 4) is 0 Å². The predicted octanol–water partition coefficient (Wildman–Crippen LogP) is 2.28. The van der Waals surface area contributed by atoms with Crippen molar-refractivity contribution >= 4 is 0 Å². The highest BCUT2D eigenvalue weighted by molar-refractivity contribution is 5.26. The number of aryl methyl sites for hydroxylation is 1. The number of hydrogen-bond donors (Lipinski definition) is 1. The van der Waals surface area contributed by atoms with E-state index in [-0.39, 0.29) is 6.04 Å². The van der Waals surface area contributed by atoms with Crippen LogP contribution in [0.3, 0.4) is 0 Å². The minimum absolute atomic E-state index is 0.0720. The van der Waals surface area contributed by atoms with Crippen molar-refractivity contribution in [3.05, 3.63) is 47.5 Å². The standard InChI is InChI=1S/C15H22N4/c1-11(2)19-15(17-10-18-19)9-14(16)8-13-7-5-4-6-12(13)3/h4-7,10-11,14H,8-9,16H2,1-3H3. The molecule has 0 aliphatic carbocycles. The summed E-state index contributed by atoms with van der Waals surface area (Å²) in [7, 11) is 0. The zero-order chi connectivity index (χ0) is 13.8. The van der Waals surface area contributed by atoms with E-state index in [0.29, 0.717) is 6.04 Å². The number of nitrogens with two attached hydrogens (primary N) is 1. The highest BCUT2D eigenvalue weighted by Gasteiger charge is 2.13. The molecule has 0 aliphatic heterocycles. The fraction of sp³-hybridized carbons (Fsp3) is 0.467. The second-order valence-electron chi connectivity index (χ2n) is 5.31. The van der Waals surface area contributed by atoms with Gasteiger partial charge in [-0.2, -0.15) is 5.10 Å². The summed E-state index contributed by atoms with van der Waals surface area (Å²) in [5.74, 6) is 0.969. The number of aromatic nitrogens is 3. The summed E-state index contributed by atoms with van der Waals surface area (Å²) in [4.78, 5) is 4.31. The van der Waals surface area contributed by atoms with Gasteiger partial charge in [-0.3, -0.25) is 0 Å². The molecular formula is C15H22N4.